The molecule has 10 heteroatoms. The van der Waals surface area contributed by atoms with Crippen LogP contribution in [0, 0.1) is 105 Å². The minimum absolute atomic E-state index is 0.0295. The maximum atomic E-state index is 18.2. The number of piperidine rings is 1. The fourth-order valence-corrected chi connectivity index (χ4v) is 28.5. The van der Waals surface area contributed by atoms with E-state index in [1.807, 2.05) is 30.3 Å². The van der Waals surface area contributed by atoms with Gasteiger partial charge < -0.3 is 45.8 Å². The zero-order valence-electron chi connectivity index (χ0n) is 54.3. The third-order valence-corrected chi connectivity index (χ3v) is 31.3. The molecule has 6 saturated carbocycles. The van der Waals surface area contributed by atoms with Gasteiger partial charge in [-0.05, 0) is 216 Å². The van der Waals surface area contributed by atoms with Gasteiger partial charge in [0.15, 0.2) is 23.0 Å². The molecule has 0 unspecified atom stereocenters. The molecule has 0 aromatic heterocycles. The summed E-state index contributed by atoms with van der Waals surface area (Å²) in [5, 5.41) is 96.4. The number of allylic oxidation sites excluding steroid dienone is 6. The summed E-state index contributed by atoms with van der Waals surface area (Å²) in [6, 6.07) is 22.0. The van der Waals surface area contributed by atoms with Crippen LogP contribution in [0.5, 0.6) is 23.0 Å². The van der Waals surface area contributed by atoms with Crippen molar-refractivity contribution in [3.05, 3.63) is 163 Å². The van der Waals surface area contributed by atoms with Crippen LogP contribution in [0.4, 0.5) is 0 Å². The van der Waals surface area contributed by atoms with Crippen molar-refractivity contribution < 1.29 is 45.3 Å². The number of carbonyl (C=O) groups is 1. The Kier molecular flexibility index (Phi) is 11.4. The molecule has 20 rings (SSSR count). The fourth-order valence-electron chi connectivity index (χ4n) is 28.5. The molecule has 16 aliphatic rings. The molecule has 0 radical (unpaired) electrons. The molecule has 1 saturated heterocycles. The summed E-state index contributed by atoms with van der Waals surface area (Å²) in [7, 11) is 1.53. The summed E-state index contributed by atoms with van der Waals surface area (Å²) in [5.41, 5.74) is 7.41. The molecule has 4 aromatic carbocycles. The molecular formula is C85H85NO9. The third kappa shape index (κ3) is 6.62. The predicted octanol–water partition coefficient (Wildman–Crippen LogP) is 12.0. The first-order valence-corrected chi connectivity index (χ1v) is 36.6. The van der Waals surface area contributed by atoms with Crippen LogP contribution in [-0.4, -0.2) is 78.0 Å². The topological polar surface area (TPSA) is 180 Å². The number of ether oxygens (including phenoxy) is 1. The van der Waals surface area contributed by atoms with E-state index >= 15 is 9.90 Å². The first-order chi connectivity index (χ1) is 46.1. The van der Waals surface area contributed by atoms with Gasteiger partial charge in [-0.25, -0.2) is 0 Å². The van der Waals surface area contributed by atoms with E-state index in [4.69, 9.17) is 10.1 Å². The Morgan fingerprint density at radius 2 is 1.66 bits per heavy atom. The number of nitrogens with one attached hydrogen (secondary N) is 1. The Bertz CT molecular complexity index is 4510. The monoisotopic (exact) mass is 1260 g/mol. The number of rotatable bonds is 5. The Labute approximate surface area is 556 Å². The van der Waals surface area contributed by atoms with Crippen molar-refractivity contribution in [2.45, 2.75) is 205 Å². The Morgan fingerprint density at radius 1 is 0.811 bits per heavy atom. The van der Waals surface area contributed by atoms with E-state index in [0.29, 0.717) is 62.5 Å². The molecule has 6 spiro atoms. The van der Waals surface area contributed by atoms with Gasteiger partial charge in [0.2, 0.25) is 0 Å². The van der Waals surface area contributed by atoms with Crippen molar-refractivity contribution in [3.8, 4) is 58.5 Å². The molecule has 1 aliphatic heterocycles. The molecule has 0 amide bonds. The molecule has 15 aliphatic carbocycles. The summed E-state index contributed by atoms with van der Waals surface area (Å²) < 4.78 is 5.92. The highest BCUT2D eigenvalue weighted by molar-refractivity contribution is 5.86. The van der Waals surface area contributed by atoms with Gasteiger partial charge in [0.25, 0.3) is 0 Å². The Hall–Kier alpha value is -6.81. The molecule has 95 heavy (non-hydrogen) atoms. The SMILES string of the molecule is COc1cc([C@@H]2CC(=O)[C@@H]3[C@@H]4C=C[C@@]56C#CC[C@H]7N[C@@]89CC[C@@]3(O)[C@@H]([C@H]7C#C[C@@H]2Cc2ccccc2)[C@@]82c3cc(O)c(O)cc3[C@H]3C[C@H]2[C@@]27C[C@@]38CCC[C@@H]8C=C2[C@@H]2C[C@H](O)C3=CC2=C(C#CC[C@@H]2CCC8(CCCC8)[C@]2(C[C@@H]5O)c2cc(cc4c26)C3)[C@H]7C9)c(CO)cc1O. The lowest BCUT2D eigenvalue weighted by molar-refractivity contribution is -0.263. The number of hydrogen-bond acceptors (Lipinski definition) is 10. The largest absolute Gasteiger partial charge is 0.504 e. The van der Waals surface area contributed by atoms with Crippen LogP contribution in [-0.2, 0) is 40.5 Å². The van der Waals surface area contributed by atoms with Crippen molar-refractivity contribution in [1.29, 1.82) is 0 Å². The van der Waals surface area contributed by atoms with Gasteiger partial charge >= 0.3 is 0 Å². The van der Waals surface area contributed by atoms with Crippen LogP contribution in [0.25, 0.3) is 0 Å². The number of fused-ring (bicyclic) bond motifs is 9. The number of benzene rings is 4. The second kappa shape index (κ2) is 18.9. The molecule has 1 heterocycles. The Balaban J connectivity index is 0.956. The second-order valence-corrected chi connectivity index (χ2v) is 33.9. The number of phenols is 3. The van der Waals surface area contributed by atoms with Gasteiger partial charge in [-0.3, -0.25) is 4.79 Å². The van der Waals surface area contributed by atoms with Crippen LogP contribution < -0.4 is 10.1 Å². The second-order valence-electron chi connectivity index (χ2n) is 33.9. The maximum absolute atomic E-state index is 18.2. The summed E-state index contributed by atoms with van der Waals surface area (Å²) in [4.78, 5) is 18.2. The summed E-state index contributed by atoms with van der Waals surface area (Å²) >= 11 is 0. The minimum Gasteiger partial charge on any atom is -0.504 e. The van der Waals surface area contributed by atoms with E-state index in [9.17, 15) is 30.6 Å². The number of carbonyl (C=O) groups excluding carboxylic acids is 1. The number of aromatic hydroxyl groups is 3. The maximum Gasteiger partial charge on any atom is 0.160 e. The summed E-state index contributed by atoms with van der Waals surface area (Å²) in [6.45, 7) is -0.407. The van der Waals surface area contributed by atoms with Crippen LogP contribution >= 0.6 is 0 Å². The highest BCUT2D eigenvalue weighted by Gasteiger charge is 2.85. The number of aliphatic hydroxyl groups excluding tert-OH is 3. The van der Waals surface area contributed by atoms with Crippen LogP contribution in [0.1, 0.15) is 190 Å². The molecular weight excluding hydrogens is 1180 g/mol. The van der Waals surface area contributed by atoms with Gasteiger partial charge in [0.1, 0.15) is 11.2 Å². The van der Waals surface area contributed by atoms with Crippen molar-refractivity contribution in [2.24, 2.45) is 69.5 Å². The van der Waals surface area contributed by atoms with Crippen molar-refractivity contribution in [2.75, 3.05) is 7.11 Å². The zero-order chi connectivity index (χ0) is 63.9. The first-order valence-electron chi connectivity index (χ1n) is 36.6. The first kappa shape index (κ1) is 57.3. The highest BCUT2D eigenvalue weighted by Crippen LogP contribution is 2.86. The number of phenolic OH excluding ortho intramolecular Hbond substituents is 3. The Morgan fingerprint density at radius 3 is 2.51 bits per heavy atom. The average Bonchev–Trinajstić information content (AvgIpc) is 1.10. The van der Waals surface area contributed by atoms with Crippen molar-refractivity contribution >= 4 is 5.78 Å². The minimum atomic E-state index is -1.80. The molecule has 7 fully saturated rings. The summed E-state index contributed by atoms with van der Waals surface area (Å²) in [5.74, 6) is 20.2. The smallest absolute Gasteiger partial charge is 0.160 e. The van der Waals surface area contributed by atoms with E-state index in [-0.39, 0.29) is 88.0 Å². The number of aliphatic hydroxyl groups is 4. The van der Waals surface area contributed by atoms with Gasteiger partial charge in [-0.2, -0.15) is 0 Å². The number of Topliss-reactive ketones (excluding diaryl/α,β-unsaturated/α-hetero) is 1. The lowest BCUT2D eigenvalue weighted by Gasteiger charge is -2.82. The normalized spacial score (nSPS) is 44.6. The highest BCUT2D eigenvalue weighted by atomic mass is 16.5. The molecule has 15 bridgehead atoms. The van der Waals surface area contributed by atoms with Gasteiger partial charge in [-0.1, -0.05) is 121 Å². The molecule has 484 valence electrons. The molecule has 10 nitrogen and oxygen atoms in total. The van der Waals surface area contributed by atoms with Crippen molar-refractivity contribution in [1.82, 2.24) is 5.32 Å². The number of methoxy groups -OCH3 is 1. The lowest BCUT2D eigenvalue weighted by Crippen LogP contribution is -2.87. The van der Waals surface area contributed by atoms with Gasteiger partial charge in [0.05, 0.1) is 37.4 Å². The predicted molar refractivity (Wildman–Crippen MR) is 358 cm³/mol. The molecule has 8 N–H and O–H groups in total. The van der Waals surface area contributed by atoms with Gasteiger partial charge in [-0.15, -0.1) is 5.92 Å². The standard InChI is InChI=1S/C85H85NO9/c1-95-72-38-56(49(43-87)33-70(72)91)55-35-71(92)76-53-19-25-79-22-9-15-66-54(17-16-47(55)28-45-10-3-2-4-11-45)77-84(76,94)27-26-81(86-66)41-65-52-14-7-12-50-18-24-78(20-5-6-21-78)83(50,42-74(79)93)64-31-46(30-59(53)75(64)79)29-48-32-57(52)58(36-67(48)88)62-34-51-13-8-23-80(51)44-82(62,65)73-40-61(80)60-37-68(89)69(90)39-63(60)85(73,77)81/h2-4,10-11,19,25,30-34,37-39,47,50-51,53-55,58,61,65-67,73-74,76-77,86-91,93-94H,5-6,8,12-13,15,18,20-21,23-24,26-29,35-36,40-44H2,1H3/t47-,50-,51-,53-,54+,55-,58-,61-,65-,66-,67+,73+,74+,76+,77-,79+,80-,81-,82+,83+,84+,85+/m1/s1. The molecule has 22 atom stereocenters. The van der Waals surface area contributed by atoms with Crippen molar-refractivity contribution in [3.63, 3.8) is 0 Å². The van der Waals surface area contributed by atoms with E-state index in [1.165, 1.54) is 29.4 Å². The van der Waals surface area contributed by atoms with Crippen LogP contribution in [0.3, 0.4) is 0 Å². The average molecular weight is 1260 g/mol. The van der Waals surface area contributed by atoms with E-state index in [2.05, 4.69) is 84.1 Å². The van der Waals surface area contributed by atoms with E-state index < -0.39 is 93.2 Å². The summed E-state index contributed by atoms with van der Waals surface area (Å²) in [6.07, 6.45) is 23.8. The lowest BCUT2D eigenvalue weighted by atomic mass is 9.23. The molecule has 4 aromatic rings. The van der Waals surface area contributed by atoms with Crippen LogP contribution in [0.2, 0.25) is 0 Å². The van der Waals surface area contributed by atoms with E-state index in [1.54, 1.807) is 12.1 Å². The number of hydrogen-bond donors (Lipinski definition) is 8. The number of ketones is 1. The van der Waals surface area contributed by atoms with Gasteiger partial charge in [0, 0.05) is 94.1 Å². The van der Waals surface area contributed by atoms with E-state index in [0.717, 1.165) is 110 Å². The third-order valence-electron chi connectivity index (χ3n) is 31.3. The van der Waals surface area contributed by atoms with Crippen LogP contribution in [0.15, 0.2) is 113 Å². The fraction of sp³-hybridized carbons (Fsp3) is 0.541. The quantitative estimate of drug-likeness (QED) is 0.0545. The zero-order valence-corrected chi connectivity index (χ0v) is 54.3.